The summed E-state index contributed by atoms with van der Waals surface area (Å²) in [4.78, 5) is 13.3. The minimum Gasteiger partial charge on any atom is -0.489 e. The van der Waals surface area contributed by atoms with E-state index < -0.39 is 5.54 Å². The molecule has 27 heavy (non-hydrogen) atoms. The van der Waals surface area contributed by atoms with Gasteiger partial charge in [-0.15, -0.1) is 17.8 Å². The summed E-state index contributed by atoms with van der Waals surface area (Å²) in [6.07, 6.45) is 10.7. The van der Waals surface area contributed by atoms with E-state index in [4.69, 9.17) is 15.9 Å². The number of carbonyl (C=O) groups excluding carboxylic acids is 1. The van der Waals surface area contributed by atoms with Gasteiger partial charge in [-0.05, 0) is 29.9 Å². The molecule has 5 heteroatoms. The molecular weight excluding hydrogens is 358 g/mol. The van der Waals surface area contributed by atoms with E-state index in [-0.39, 0.29) is 5.91 Å². The average molecular weight is 384 g/mol. The van der Waals surface area contributed by atoms with Crippen molar-refractivity contribution >= 4 is 17.2 Å². The van der Waals surface area contributed by atoms with Crippen LogP contribution in [-0.4, -0.2) is 24.7 Å². The third-order valence-electron chi connectivity index (χ3n) is 4.77. The molecule has 0 radical (unpaired) electrons. The zero-order valence-electron chi connectivity index (χ0n) is 15.4. The van der Waals surface area contributed by atoms with Crippen molar-refractivity contribution in [1.29, 1.82) is 0 Å². The number of nitrogens with one attached hydrogen (secondary N) is 1. The fourth-order valence-electron chi connectivity index (χ4n) is 3.29. The van der Waals surface area contributed by atoms with Crippen LogP contribution in [0.1, 0.15) is 47.3 Å². The third kappa shape index (κ3) is 5.35. The second kappa shape index (κ2) is 9.59. The van der Waals surface area contributed by atoms with E-state index in [1.54, 1.807) is 0 Å². The predicted molar refractivity (Wildman–Crippen MR) is 108 cm³/mol. The van der Waals surface area contributed by atoms with Crippen molar-refractivity contribution < 1.29 is 14.3 Å². The zero-order valence-corrected chi connectivity index (χ0v) is 16.2. The highest BCUT2D eigenvalue weighted by atomic mass is 32.1. The summed E-state index contributed by atoms with van der Waals surface area (Å²) in [6, 6.07) is 11.8. The van der Waals surface area contributed by atoms with E-state index >= 15 is 0 Å². The highest BCUT2D eigenvalue weighted by molar-refractivity contribution is 7.12. The molecule has 1 saturated carbocycles. The first-order valence-corrected chi connectivity index (χ1v) is 10.2. The largest absolute Gasteiger partial charge is 0.489 e. The van der Waals surface area contributed by atoms with Gasteiger partial charge in [-0.3, -0.25) is 4.79 Å². The maximum Gasteiger partial charge on any atom is 0.266 e. The third-order valence-corrected chi connectivity index (χ3v) is 5.66. The van der Waals surface area contributed by atoms with Gasteiger partial charge in [0.25, 0.3) is 5.91 Å². The van der Waals surface area contributed by atoms with Crippen molar-refractivity contribution in [2.75, 3.05) is 13.2 Å². The molecule has 4 nitrogen and oxygen atoms in total. The van der Waals surface area contributed by atoms with Gasteiger partial charge in [0.15, 0.2) is 0 Å². The molecule has 0 unspecified atom stereocenters. The quantitative estimate of drug-likeness (QED) is 0.543. The smallest absolute Gasteiger partial charge is 0.266 e. The molecule has 0 atom stereocenters. The number of amides is 1. The Hall–Kier alpha value is -2.29. The van der Waals surface area contributed by atoms with Gasteiger partial charge in [-0.2, -0.15) is 0 Å². The summed E-state index contributed by atoms with van der Waals surface area (Å²) in [5, 5.41) is 4.93. The van der Waals surface area contributed by atoms with Gasteiger partial charge in [0.05, 0.1) is 13.2 Å². The Morgan fingerprint density at radius 3 is 2.67 bits per heavy atom. The predicted octanol–water partition coefficient (Wildman–Crippen LogP) is 4.41. The SMILES string of the molecule is C#CC1(NC(=O)c2sccc2OCCOCc2ccccc2)CCCCC1. The van der Waals surface area contributed by atoms with Gasteiger partial charge < -0.3 is 14.8 Å². The van der Waals surface area contributed by atoms with Crippen LogP contribution in [0.3, 0.4) is 0 Å². The van der Waals surface area contributed by atoms with Crippen LogP contribution in [-0.2, 0) is 11.3 Å². The Bertz CT molecular complexity index is 772. The topological polar surface area (TPSA) is 47.6 Å². The number of terminal acetylenes is 1. The summed E-state index contributed by atoms with van der Waals surface area (Å²) in [5.74, 6) is 3.26. The second-order valence-corrected chi connectivity index (χ2v) is 7.66. The molecule has 1 aliphatic carbocycles. The van der Waals surface area contributed by atoms with Crippen LogP contribution in [0.4, 0.5) is 0 Å². The summed E-state index contributed by atoms with van der Waals surface area (Å²) in [7, 11) is 0. The van der Waals surface area contributed by atoms with Gasteiger partial charge in [-0.1, -0.05) is 55.5 Å². The van der Waals surface area contributed by atoms with Crippen LogP contribution < -0.4 is 10.1 Å². The molecule has 1 aromatic carbocycles. The molecule has 0 spiro atoms. The average Bonchev–Trinajstić information content (AvgIpc) is 3.18. The molecule has 1 heterocycles. The Kier molecular flexibility index (Phi) is 6.92. The molecule has 0 bridgehead atoms. The number of thiophene rings is 1. The molecule has 2 aromatic rings. The summed E-state index contributed by atoms with van der Waals surface area (Å²) in [6.45, 7) is 1.40. The summed E-state index contributed by atoms with van der Waals surface area (Å²) >= 11 is 1.37. The second-order valence-electron chi connectivity index (χ2n) is 6.74. The lowest BCUT2D eigenvalue weighted by Gasteiger charge is -2.33. The first-order chi connectivity index (χ1) is 13.2. The number of ether oxygens (including phenoxy) is 2. The van der Waals surface area contributed by atoms with Crippen molar-refractivity contribution in [1.82, 2.24) is 5.32 Å². The van der Waals surface area contributed by atoms with Gasteiger partial charge in [0, 0.05) is 0 Å². The number of carbonyl (C=O) groups is 1. The van der Waals surface area contributed by atoms with Crippen LogP contribution in [0.15, 0.2) is 41.8 Å². The van der Waals surface area contributed by atoms with E-state index in [0.717, 1.165) is 31.2 Å². The van der Waals surface area contributed by atoms with E-state index in [1.165, 1.54) is 17.8 Å². The van der Waals surface area contributed by atoms with E-state index in [9.17, 15) is 4.79 Å². The standard InChI is InChI=1S/C22H25NO3S/c1-2-22(12-7-4-8-13-22)23-21(24)20-19(11-16-27-20)26-15-14-25-17-18-9-5-3-6-10-18/h1,3,5-6,9-11,16H,4,7-8,12-15,17H2,(H,23,24). The maximum atomic E-state index is 12.7. The van der Waals surface area contributed by atoms with Crippen LogP contribution >= 0.6 is 11.3 Å². The number of rotatable bonds is 8. The molecule has 1 aromatic heterocycles. The molecule has 1 amide bonds. The number of hydrogen-bond acceptors (Lipinski definition) is 4. The zero-order chi connectivity index (χ0) is 19.0. The van der Waals surface area contributed by atoms with Crippen molar-refractivity contribution in [3.8, 4) is 18.1 Å². The lowest BCUT2D eigenvalue weighted by molar-refractivity contribution is 0.0854. The monoisotopic (exact) mass is 383 g/mol. The van der Waals surface area contributed by atoms with Crippen LogP contribution in [0.2, 0.25) is 0 Å². The molecule has 1 fully saturated rings. The highest BCUT2D eigenvalue weighted by Crippen LogP contribution is 2.30. The fraction of sp³-hybridized carbons (Fsp3) is 0.409. The van der Waals surface area contributed by atoms with Gasteiger partial charge >= 0.3 is 0 Å². The van der Waals surface area contributed by atoms with Gasteiger partial charge in [0.1, 0.15) is 22.8 Å². The Morgan fingerprint density at radius 1 is 1.15 bits per heavy atom. The summed E-state index contributed by atoms with van der Waals surface area (Å²) < 4.78 is 11.4. The van der Waals surface area contributed by atoms with Crippen molar-refractivity contribution in [2.45, 2.75) is 44.2 Å². The van der Waals surface area contributed by atoms with E-state index in [1.807, 2.05) is 41.8 Å². The van der Waals surface area contributed by atoms with Gasteiger partial charge in [-0.25, -0.2) is 0 Å². The van der Waals surface area contributed by atoms with Crippen LogP contribution in [0, 0.1) is 12.3 Å². The minimum atomic E-state index is -0.518. The Morgan fingerprint density at radius 2 is 1.93 bits per heavy atom. The number of benzene rings is 1. The minimum absolute atomic E-state index is 0.148. The lowest BCUT2D eigenvalue weighted by Crippen LogP contribution is -2.48. The molecule has 3 rings (SSSR count). The lowest BCUT2D eigenvalue weighted by atomic mass is 9.82. The van der Waals surface area contributed by atoms with Crippen LogP contribution in [0.25, 0.3) is 0 Å². The Balaban J connectivity index is 1.48. The van der Waals surface area contributed by atoms with Crippen molar-refractivity contribution in [2.24, 2.45) is 0 Å². The van der Waals surface area contributed by atoms with Crippen molar-refractivity contribution in [3.05, 3.63) is 52.2 Å². The maximum absolute atomic E-state index is 12.7. The first kappa shape index (κ1) is 19.5. The van der Waals surface area contributed by atoms with Crippen molar-refractivity contribution in [3.63, 3.8) is 0 Å². The summed E-state index contributed by atoms with van der Waals surface area (Å²) in [5.41, 5.74) is 0.607. The first-order valence-electron chi connectivity index (χ1n) is 9.35. The van der Waals surface area contributed by atoms with E-state index in [0.29, 0.717) is 30.4 Å². The molecule has 0 saturated heterocycles. The fourth-order valence-corrected chi connectivity index (χ4v) is 4.02. The molecular formula is C22H25NO3S. The van der Waals surface area contributed by atoms with Crippen LogP contribution in [0.5, 0.6) is 5.75 Å². The van der Waals surface area contributed by atoms with Gasteiger partial charge in [0.2, 0.25) is 0 Å². The van der Waals surface area contributed by atoms with E-state index in [2.05, 4.69) is 11.2 Å². The highest BCUT2D eigenvalue weighted by Gasteiger charge is 2.32. The molecule has 142 valence electrons. The number of hydrogen-bond donors (Lipinski definition) is 1. The molecule has 1 aliphatic rings. The Labute approximate surface area is 164 Å². The molecule has 0 aliphatic heterocycles. The molecule has 1 N–H and O–H groups in total. The normalized spacial score (nSPS) is 15.7.